The van der Waals surface area contributed by atoms with Gasteiger partial charge in [-0.25, -0.2) is 4.79 Å². The van der Waals surface area contributed by atoms with Crippen LogP contribution in [0.4, 0.5) is 18.9 Å². The largest absolute Gasteiger partial charge is 0.493 e. The number of ether oxygens (including phenoxy) is 2. The van der Waals surface area contributed by atoms with Crippen molar-refractivity contribution < 1.29 is 32.5 Å². The Kier molecular flexibility index (Phi) is 5.63. The standard InChI is InChI=1S/C12H14F3NO4/c13-12(14,15)7-19-4-1-5-20-8-2-3-10(16)9(6-8)11(17)18/h2-3,6H,1,4-5,7,16H2,(H,17,18). The first-order valence-corrected chi connectivity index (χ1v) is 5.70. The van der Waals surface area contributed by atoms with Crippen molar-refractivity contribution in [2.75, 3.05) is 25.6 Å². The van der Waals surface area contributed by atoms with E-state index in [0.717, 1.165) is 0 Å². The molecule has 5 nitrogen and oxygen atoms in total. The van der Waals surface area contributed by atoms with Gasteiger partial charge in [-0.15, -0.1) is 0 Å². The second kappa shape index (κ2) is 6.99. The average Bonchev–Trinajstić information content (AvgIpc) is 2.33. The van der Waals surface area contributed by atoms with Gasteiger partial charge < -0.3 is 20.3 Å². The van der Waals surface area contributed by atoms with Crippen molar-refractivity contribution in [3.63, 3.8) is 0 Å². The molecule has 0 heterocycles. The van der Waals surface area contributed by atoms with Crippen molar-refractivity contribution in [2.45, 2.75) is 12.6 Å². The van der Waals surface area contributed by atoms with E-state index in [0.29, 0.717) is 0 Å². The summed E-state index contributed by atoms with van der Waals surface area (Å²) >= 11 is 0. The van der Waals surface area contributed by atoms with E-state index in [9.17, 15) is 18.0 Å². The molecule has 0 amide bonds. The number of carboxylic acids is 1. The molecule has 0 atom stereocenters. The van der Waals surface area contributed by atoms with Crippen molar-refractivity contribution in [3.8, 4) is 5.75 Å². The lowest BCUT2D eigenvalue weighted by Gasteiger charge is -2.09. The number of rotatable bonds is 7. The van der Waals surface area contributed by atoms with Gasteiger partial charge in [0.15, 0.2) is 0 Å². The van der Waals surface area contributed by atoms with Crippen LogP contribution in [0.1, 0.15) is 16.8 Å². The number of nitrogen functional groups attached to an aromatic ring is 1. The summed E-state index contributed by atoms with van der Waals surface area (Å²) in [6, 6.07) is 4.13. The number of hydrogen-bond donors (Lipinski definition) is 2. The molecule has 20 heavy (non-hydrogen) atoms. The molecule has 0 aliphatic rings. The molecular formula is C12H14F3NO4. The first-order valence-electron chi connectivity index (χ1n) is 5.70. The number of aromatic carboxylic acids is 1. The maximum atomic E-state index is 11.8. The van der Waals surface area contributed by atoms with Gasteiger partial charge in [0.2, 0.25) is 0 Å². The Morgan fingerprint density at radius 3 is 2.60 bits per heavy atom. The second-order valence-corrected chi connectivity index (χ2v) is 3.92. The zero-order valence-electron chi connectivity index (χ0n) is 10.4. The Morgan fingerprint density at radius 2 is 2.00 bits per heavy atom. The van der Waals surface area contributed by atoms with Crippen LogP contribution < -0.4 is 10.5 Å². The first-order chi connectivity index (χ1) is 9.29. The number of carbonyl (C=O) groups is 1. The fraction of sp³-hybridized carbons (Fsp3) is 0.417. The minimum atomic E-state index is -4.34. The maximum absolute atomic E-state index is 11.8. The quantitative estimate of drug-likeness (QED) is 0.595. The summed E-state index contributed by atoms with van der Waals surface area (Å²) in [6.45, 7) is -1.28. The van der Waals surface area contributed by atoms with Gasteiger partial charge >= 0.3 is 12.1 Å². The number of carboxylic acid groups (broad SMARTS) is 1. The highest BCUT2D eigenvalue weighted by atomic mass is 19.4. The van der Waals surface area contributed by atoms with Crippen molar-refractivity contribution in [3.05, 3.63) is 23.8 Å². The molecule has 1 aromatic rings. The molecule has 0 bridgehead atoms. The van der Waals surface area contributed by atoms with Crippen LogP contribution >= 0.6 is 0 Å². The average molecular weight is 293 g/mol. The highest BCUT2D eigenvalue weighted by Crippen LogP contribution is 2.20. The Bertz CT molecular complexity index is 463. The molecule has 0 saturated carbocycles. The molecule has 0 aromatic heterocycles. The van der Waals surface area contributed by atoms with Gasteiger partial charge in [-0.1, -0.05) is 0 Å². The first kappa shape index (κ1) is 16.1. The normalized spacial score (nSPS) is 11.3. The molecule has 8 heteroatoms. The van der Waals surface area contributed by atoms with E-state index >= 15 is 0 Å². The Hall–Kier alpha value is -1.96. The fourth-order valence-corrected chi connectivity index (χ4v) is 1.35. The van der Waals surface area contributed by atoms with E-state index in [1.54, 1.807) is 0 Å². The van der Waals surface area contributed by atoms with E-state index in [4.69, 9.17) is 15.6 Å². The van der Waals surface area contributed by atoms with Gasteiger partial charge in [-0.05, 0) is 18.2 Å². The van der Waals surface area contributed by atoms with E-state index in [2.05, 4.69) is 4.74 Å². The highest BCUT2D eigenvalue weighted by Gasteiger charge is 2.27. The summed E-state index contributed by atoms with van der Waals surface area (Å²) in [5, 5.41) is 8.85. The molecule has 0 aliphatic carbocycles. The molecule has 0 aliphatic heterocycles. The topological polar surface area (TPSA) is 81.8 Å². The molecule has 0 fully saturated rings. The van der Waals surface area contributed by atoms with Crippen LogP contribution in [0.5, 0.6) is 5.75 Å². The van der Waals surface area contributed by atoms with Crippen LogP contribution in [0.25, 0.3) is 0 Å². The van der Waals surface area contributed by atoms with E-state index < -0.39 is 18.8 Å². The lowest BCUT2D eigenvalue weighted by molar-refractivity contribution is -0.174. The zero-order valence-corrected chi connectivity index (χ0v) is 10.4. The van der Waals surface area contributed by atoms with Gasteiger partial charge in [0.1, 0.15) is 12.4 Å². The molecule has 0 radical (unpaired) electrons. The van der Waals surface area contributed by atoms with Crippen molar-refractivity contribution in [1.29, 1.82) is 0 Å². The predicted molar refractivity (Wildman–Crippen MR) is 64.8 cm³/mol. The van der Waals surface area contributed by atoms with Gasteiger partial charge in [-0.3, -0.25) is 0 Å². The van der Waals surface area contributed by atoms with Crippen LogP contribution in [-0.4, -0.2) is 37.1 Å². The Labute approximate surface area is 113 Å². The van der Waals surface area contributed by atoms with Crippen molar-refractivity contribution in [2.24, 2.45) is 0 Å². The summed E-state index contributed by atoms with van der Waals surface area (Å²) in [7, 11) is 0. The fourth-order valence-electron chi connectivity index (χ4n) is 1.35. The maximum Gasteiger partial charge on any atom is 0.411 e. The lowest BCUT2D eigenvalue weighted by Crippen LogP contribution is -2.18. The van der Waals surface area contributed by atoms with Gasteiger partial charge in [0, 0.05) is 12.1 Å². The number of anilines is 1. The molecule has 0 spiro atoms. The SMILES string of the molecule is Nc1ccc(OCCCOCC(F)(F)F)cc1C(=O)O. The third-order valence-corrected chi connectivity index (χ3v) is 2.22. The number of alkyl halides is 3. The molecule has 3 N–H and O–H groups in total. The van der Waals surface area contributed by atoms with Crippen molar-refractivity contribution in [1.82, 2.24) is 0 Å². The van der Waals surface area contributed by atoms with Crippen LogP contribution in [0.2, 0.25) is 0 Å². The van der Waals surface area contributed by atoms with E-state index in [1.807, 2.05) is 0 Å². The van der Waals surface area contributed by atoms with Crippen LogP contribution in [0.3, 0.4) is 0 Å². The Morgan fingerprint density at radius 1 is 1.30 bits per heavy atom. The number of hydrogen-bond acceptors (Lipinski definition) is 4. The molecular weight excluding hydrogens is 279 g/mol. The zero-order chi connectivity index (χ0) is 15.2. The van der Waals surface area contributed by atoms with Crippen LogP contribution in [0.15, 0.2) is 18.2 Å². The molecule has 0 saturated heterocycles. The van der Waals surface area contributed by atoms with E-state index in [1.165, 1.54) is 18.2 Å². The number of halogens is 3. The highest BCUT2D eigenvalue weighted by molar-refractivity contribution is 5.94. The Balaban J connectivity index is 2.32. The third-order valence-electron chi connectivity index (χ3n) is 2.22. The van der Waals surface area contributed by atoms with Crippen LogP contribution in [-0.2, 0) is 4.74 Å². The lowest BCUT2D eigenvalue weighted by atomic mass is 10.2. The molecule has 1 rings (SSSR count). The smallest absolute Gasteiger partial charge is 0.411 e. The number of benzene rings is 1. The van der Waals surface area contributed by atoms with Crippen molar-refractivity contribution >= 4 is 11.7 Å². The molecule has 112 valence electrons. The summed E-state index contributed by atoms with van der Waals surface area (Å²) in [6.07, 6.45) is -4.09. The summed E-state index contributed by atoms with van der Waals surface area (Å²) in [4.78, 5) is 10.8. The van der Waals surface area contributed by atoms with Crippen LogP contribution in [0, 0.1) is 0 Å². The summed E-state index contributed by atoms with van der Waals surface area (Å²) in [5.41, 5.74) is 5.48. The summed E-state index contributed by atoms with van der Waals surface area (Å²) < 4.78 is 44.9. The number of nitrogens with two attached hydrogens (primary N) is 1. The molecule has 1 aromatic carbocycles. The van der Waals surface area contributed by atoms with E-state index in [-0.39, 0.29) is 36.6 Å². The van der Waals surface area contributed by atoms with Gasteiger partial charge in [-0.2, -0.15) is 13.2 Å². The minimum absolute atomic E-state index is 0.0872. The molecule has 0 unspecified atom stereocenters. The summed E-state index contributed by atoms with van der Waals surface area (Å²) in [5.74, 6) is -0.895. The predicted octanol–water partition coefficient (Wildman–Crippen LogP) is 2.31. The van der Waals surface area contributed by atoms with Gasteiger partial charge in [0.25, 0.3) is 0 Å². The third kappa shape index (κ3) is 5.79. The van der Waals surface area contributed by atoms with Gasteiger partial charge in [0.05, 0.1) is 18.8 Å². The monoisotopic (exact) mass is 293 g/mol. The minimum Gasteiger partial charge on any atom is -0.493 e. The second-order valence-electron chi connectivity index (χ2n) is 3.92.